The monoisotopic (exact) mass is 473 g/mol. The van der Waals surface area contributed by atoms with Crippen molar-refractivity contribution >= 4 is 23.3 Å². The molecule has 178 valence electrons. The molecule has 0 bridgehead atoms. The summed E-state index contributed by atoms with van der Waals surface area (Å²) in [4.78, 5) is 34.9. The highest BCUT2D eigenvalue weighted by atomic mass is 19.4. The number of pyridine rings is 2. The first kappa shape index (κ1) is 22.2. The molecule has 0 amide bonds. The normalized spacial score (nSPS) is 17.2. The molecule has 1 spiro atoms. The van der Waals surface area contributed by atoms with Crippen molar-refractivity contribution in [2.24, 2.45) is 5.41 Å². The minimum Gasteiger partial charge on any atom is -0.478 e. The standard InChI is InChI=1S/C23H22F3N5O3/c24-23(25,26)15-10-14(12-28-19-16(21(33)34)2-1-7-27-19)20-29-17(11-18(32)31(20)13-15)30-8-5-22(3-4-22)6-9-30/h1-2,7,10-11,13H,3-6,8-9,12H2,(H,27,28)(H,33,34). The molecular formula is C23H22F3N5O3. The first-order chi connectivity index (χ1) is 16.2. The smallest absolute Gasteiger partial charge is 0.417 e. The van der Waals surface area contributed by atoms with Crippen LogP contribution in [0.15, 0.2) is 41.5 Å². The first-order valence-electron chi connectivity index (χ1n) is 11.0. The van der Waals surface area contributed by atoms with Gasteiger partial charge >= 0.3 is 12.1 Å². The van der Waals surface area contributed by atoms with Crippen LogP contribution in [0.4, 0.5) is 24.8 Å². The highest BCUT2D eigenvalue weighted by molar-refractivity contribution is 5.93. The molecule has 1 aliphatic carbocycles. The van der Waals surface area contributed by atoms with Gasteiger partial charge in [0.25, 0.3) is 5.56 Å². The molecule has 0 radical (unpaired) electrons. The van der Waals surface area contributed by atoms with Crippen molar-refractivity contribution in [2.75, 3.05) is 23.3 Å². The lowest BCUT2D eigenvalue weighted by Crippen LogP contribution is -2.36. The van der Waals surface area contributed by atoms with Crippen molar-refractivity contribution in [2.45, 2.75) is 38.4 Å². The van der Waals surface area contributed by atoms with Gasteiger partial charge in [-0.2, -0.15) is 13.2 Å². The minimum atomic E-state index is -4.68. The Balaban J connectivity index is 1.54. The summed E-state index contributed by atoms with van der Waals surface area (Å²) in [6.07, 6.45) is 1.90. The molecule has 34 heavy (non-hydrogen) atoms. The fourth-order valence-electron chi connectivity index (χ4n) is 4.49. The van der Waals surface area contributed by atoms with Crippen molar-refractivity contribution in [3.8, 4) is 0 Å². The summed E-state index contributed by atoms with van der Waals surface area (Å²) < 4.78 is 41.6. The zero-order chi connectivity index (χ0) is 24.1. The molecule has 0 unspecified atom stereocenters. The van der Waals surface area contributed by atoms with Gasteiger partial charge < -0.3 is 15.3 Å². The summed E-state index contributed by atoms with van der Waals surface area (Å²) >= 11 is 0. The second-order valence-electron chi connectivity index (χ2n) is 8.94. The van der Waals surface area contributed by atoms with Crippen molar-refractivity contribution < 1.29 is 23.1 Å². The molecule has 1 saturated carbocycles. The van der Waals surface area contributed by atoms with Gasteiger partial charge in [0.15, 0.2) is 0 Å². The Labute approximate surface area is 192 Å². The number of carboxylic acid groups (broad SMARTS) is 1. The molecular weight excluding hydrogens is 451 g/mol. The molecule has 11 heteroatoms. The number of hydrogen-bond donors (Lipinski definition) is 2. The second kappa shape index (κ2) is 8.00. The number of aromatic carboxylic acids is 1. The number of piperidine rings is 1. The molecule has 3 aromatic rings. The molecule has 5 rings (SSSR count). The van der Waals surface area contributed by atoms with Crippen molar-refractivity contribution in [3.63, 3.8) is 0 Å². The summed E-state index contributed by atoms with van der Waals surface area (Å²) in [6, 6.07) is 4.99. The summed E-state index contributed by atoms with van der Waals surface area (Å²) in [5, 5.41) is 12.1. The molecule has 2 fully saturated rings. The zero-order valence-electron chi connectivity index (χ0n) is 18.1. The number of anilines is 2. The second-order valence-corrected chi connectivity index (χ2v) is 8.94. The van der Waals surface area contributed by atoms with E-state index in [9.17, 15) is 27.9 Å². The van der Waals surface area contributed by atoms with Gasteiger partial charge in [-0.15, -0.1) is 0 Å². The number of carbonyl (C=O) groups is 1. The molecule has 2 N–H and O–H groups in total. The summed E-state index contributed by atoms with van der Waals surface area (Å²) in [7, 11) is 0. The van der Waals surface area contributed by atoms with E-state index in [4.69, 9.17) is 0 Å². The SMILES string of the molecule is O=C(O)c1cccnc1NCc1cc(C(F)(F)F)cn2c(=O)cc(N3CCC4(CC3)CC4)nc12. The lowest BCUT2D eigenvalue weighted by molar-refractivity contribution is -0.137. The largest absolute Gasteiger partial charge is 0.478 e. The van der Waals surface area contributed by atoms with Gasteiger partial charge in [0, 0.05) is 43.7 Å². The Morgan fingerprint density at radius 2 is 1.91 bits per heavy atom. The number of carboxylic acids is 1. The quantitative estimate of drug-likeness (QED) is 0.582. The highest BCUT2D eigenvalue weighted by Gasteiger charge is 2.44. The highest BCUT2D eigenvalue weighted by Crippen LogP contribution is 2.53. The van der Waals surface area contributed by atoms with E-state index in [-0.39, 0.29) is 29.1 Å². The van der Waals surface area contributed by atoms with Crippen LogP contribution in [0.25, 0.3) is 5.65 Å². The van der Waals surface area contributed by atoms with Gasteiger partial charge in [-0.05, 0) is 49.3 Å². The number of halogens is 3. The fourth-order valence-corrected chi connectivity index (χ4v) is 4.49. The van der Waals surface area contributed by atoms with Crippen LogP contribution in [0.5, 0.6) is 0 Å². The molecule has 3 aromatic heterocycles. The minimum absolute atomic E-state index is 0.00910. The van der Waals surface area contributed by atoms with Crippen LogP contribution in [0, 0.1) is 5.41 Å². The molecule has 2 aliphatic rings. The Morgan fingerprint density at radius 1 is 1.18 bits per heavy atom. The van der Waals surface area contributed by atoms with Crippen molar-refractivity contribution in [1.82, 2.24) is 14.4 Å². The average molecular weight is 473 g/mol. The lowest BCUT2D eigenvalue weighted by atomic mass is 9.94. The van der Waals surface area contributed by atoms with Gasteiger partial charge in [-0.1, -0.05) is 0 Å². The van der Waals surface area contributed by atoms with Gasteiger partial charge in [0.05, 0.1) is 5.56 Å². The topological polar surface area (TPSA) is 99.8 Å². The van der Waals surface area contributed by atoms with Gasteiger partial charge in [0.2, 0.25) is 0 Å². The molecule has 1 saturated heterocycles. The number of nitrogens with one attached hydrogen (secondary N) is 1. The number of aromatic nitrogens is 3. The molecule has 4 heterocycles. The zero-order valence-corrected chi connectivity index (χ0v) is 18.1. The van der Waals surface area contributed by atoms with Crippen LogP contribution in [0.2, 0.25) is 0 Å². The van der Waals surface area contributed by atoms with E-state index in [1.165, 1.54) is 37.2 Å². The van der Waals surface area contributed by atoms with E-state index < -0.39 is 23.3 Å². The van der Waals surface area contributed by atoms with Crippen LogP contribution in [-0.2, 0) is 12.7 Å². The lowest BCUT2D eigenvalue weighted by Gasteiger charge is -2.33. The van der Waals surface area contributed by atoms with Crippen LogP contribution < -0.4 is 15.8 Å². The van der Waals surface area contributed by atoms with E-state index in [2.05, 4.69) is 15.3 Å². The third-order valence-corrected chi connectivity index (χ3v) is 6.74. The molecule has 0 aromatic carbocycles. The number of nitrogens with zero attached hydrogens (tertiary/aromatic N) is 4. The van der Waals surface area contributed by atoms with E-state index in [1.54, 1.807) is 0 Å². The van der Waals surface area contributed by atoms with Crippen LogP contribution in [-0.4, -0.2) is 38.5 Å². The van der Waals surface area contributed by atoms with Gasteiger partial charge in [-0.3, -0.25) is 9.20 Å². The number of alkyl halides is 3. The Hall–Kier alpha value is -3.63. The molecule has 8 nitrogen and oxygen atoms in total. The van der Waals surface area contributed by atoms with E-state index >= 15 is 0 Å². The number of fused-ring (bicyclic) bond motifs is 1. The number of rotatable bonds is 5. The summed E-state index contributed by atoms with van der Waals surface area (Å²) in [5.74, 6) is -0.778. The Bertz CT molecular complexity index is 1320. The first-order valence-corrected chi connectivity index (χ1v) is 11.0. The van der Waals surface area contributed by atoms with E-state index in [0.29, 0.717) is 11.2 Å². The molecule has 1 aliphatic heterocycles. The predicted octanol–water partition coefficient (Wildman–Crippen LogP) is 3.80. The fraction of sp³-hybridized carbons (Fsp3) is 0.391. The van der Waals surface area contributed by atoms with E-state index in [0.717, 1.165) is 42.6 Å². The third kappa shape index (κ3) is 4.17. The van der Waals surface area contributed by atoms with Crippen LogP contribution >= 0.6 is 0 Å². The summed E-state index contributed by atoms with van der Waals surface area (Å²) in [6.45, 7) is 1.28. The summed E-state index contributed by atoms with van der Waals surface area (Å²) in [5.41, 5.74) is -1.12. The average Bonchev–Trinajstić information content (AvgIpc) is 3.56. The van der Waals surface area contributed by atoms with Crippen molar-refractivity contribution in [1.29, 1.82) is 0 Å². The van der Waals surface area contributed by atoms with Crippen LogP contribution in [0.1, 0.15) is 47.2 Å². The third-order valence-electron chi connectivity index (χ3n) is 6.74. The maximum absolute atomic E-state index is 13.6. The Morgan fingerprint density at radius 3 is 2.56 bits per heavy atom. The van der Waals surface area contributed by atoms with E-state index in [1.807, 2.05) is 4.90 Å². The van der Waals surface area contributed by atoms with Gasteiger partial charge in [0.1, 0.15) is 22.8 Å². The maximum Gasteiger partial charge on any atom is 0.417 e. The molecule has 0 atom stereocenters. The Kier molecular flexibility index (Phi) is 5.22. The maximum atomic E-state index is 13.6. The predicted molar refractivity (Wildman–Crippen MR) is 118 cm³/mol. The van der Waals surface area contributed by atoms with Crippen LogP contribution in [0.3, 0.4) is 0 Å². The van der Waals surface area contributed by atoms with Gasteiger partial charge in [-0.25, -0.2) is 14.8 Å². The number of hydrogen-bond acceptors (Lipinski definition) is 6. The van der Waals surface area contributed by atoms with Crippen molar-refractivity contribution in [3.05, 3.63) is 63.7 Å².